The summed E-state index contributed by atoms with van der Waals surface area (Å²) in [5.74, 6) is 0.756. The van der Waals surface area contributed by atoms with Gasteiger partial charge in [0.05, 0.1) is 20.9 Å². The molecule has 0 bridgehead atoms. The molecular weight excluding hydrogens is 497 g/mol. The SMILES string of the molecule is CCc1ccc(Nc2ncnc3cc(N=S4(=O)CCC4)cc(C)c23)c(OCC(=O)NCC(F)(F)F)n1. The lowest BCUT2D eigenvalue weighted by atomic mass is 10.1. The number of ether oxygens (including phenoxy) is 1. The minimum Gasteiger partial charge on any atom is -0.466 e. The first-order valence-corrected chi connectivity index (χ1v) is 13.1. The highest BCUT2D eigenvalue weighted by molar-refractivity contribution is 7.95. The van der Waals surface area contributed by atoms with Crippen LogP contribution in [0.25, 0.3) is 10.9 Å². The smallest absolute Gasteiger partial charge is 0.405 e. The molecule has 3 heterocycles. The Labute approximate surface area is 206 Å². The van der Waals surface area contributed by atoms with E-state index in [4.69, 9.17) is 4.74 Å². The second kappa shape index (κ2) is 10.2. The van der Waals surface area contributed by atoms with Crippen molar-refractivity contribution in [2.45, 2.75) is 32.9 Å². The van der Waals surface area contributed by atoms with E-state index in [0.29, 0.717) is 51.7 Å². The van der Waals surface area contributed by atoms with Crippen molar-refractivity contribution in [2.75, 3.05) is 30.0 Å². The van der Waals surface area contributed by atoms with E-state index in [1.807, 2.05) is 19.9 Å². The van der Waals surface area contributed by atoms with Crippen LogP contribution in [0, 0.1) is 6.92 Å². The molecule has 1 aliphatic heterocycles. The maximum Gasteiger partial charge on any atom is 0.405 e. The number of fused-ring (bicyclic) bond motifs is 1. The van der Waals surface area contributed by atoms with Gasteiger partial charge in [-0.25, -0.2) is 19.2 Å². The molecule has 0 saturated carbocycles. The number of hydrogen-bond donors (Lipinski definition) is 2. The molecule has 9 nitrogen and oxygen atoms in total. The first-order valence-electron chi connectivity index (χ1n) is 11.3. The fraction of sp³-hybridized carbons (Fsp3) is 0.391. The third-order valence-corrected chi connectivity index (χ3v) is 7.87. The number of nitrogens with zero attached hydrogens (tertiary/aromatic N) is 4. The summed E-state index contributed by atoms with van der Waals surface area (Å²) in [6, 6.07) is 7.04. The predicted molar refractivity (Wildman–Crippen MR) is 130 cm³/mol. The lowest BCUT2D eigenvalue weighted by Gasteiger charge is -2.18. The average molecular weight is 523 g/mol. The van der Waals surface area contributed by atoms with Gasteiger partial charge in [-0.3, -0.25) is 4.79 Å². The molecule has 2 N–H and O–H groups in total. The van der Waals surface area contributed by atoms with Crippen molar-refractivity contribution in [3.8, 4) is 5.88 Å². The lowest BCUT2D eigenvalue weighted by molar-refractivity contribution is -0.139. The molecule has 1 aromatic carbocycles. The summed E-state index contributed by atoms with van der Waals surface area (Å²) < 4.78 is 59.5. The van der Waals surface area contributed by atoms with Crippen molar-refractivity contribution in [1.82, 2.24) is 20.3 Å². The Kier molecular flexibility index (Phi) is 7.29. The highest BCUT2D eigenvalue weighted by atomic mass is 32.2. The highest BCUT2D eigenvalue weighted by Gasteiger charge is 2.28. The number of pyridine rings is 1. The van der Waals surface area contributed by atoms with Gasteiger partial charge in [0.15, 0.2) is 6.61 Å². The summed E-state index contributed by atoms with van der Waals surface area (Å²) in [5.41, 5.74) is 3.05. The molecule has 4 rings (SSSR count). The number of nitrogens with one attached hydrogen (secondary N) is 2. The minimum absolute atomic E-state index is 0.0504. The van der Waals surface area contributed by atoms with Crippen LogP contribution < -0.4 is 15.4 Å². The number of benzene rings is 1. The molecule has 2 aromatic heterocycles. The van der Waals surface area contributed by atoms with E-state index in [0.717, 1.165) is 12.0 Å². The average Bonchev–Trinajstić information content (AvgIpc) is 2.80. The summed E-state index contributed by atoms with van der Waals surface area (Å²) in [4.78, 5) is 24.9. The van der Waals surface area contributed by atoms with E-state index in [-0.39, 0.29) is 5.88 Å². The zero-order valence-electron chi connectivity index (χ0n) is 19.7. The standard InChI is InChI=1S/C23H25F3N6O3S/c1-3-15-5-6-17(22(30-15)35-11-19(33)27-12-23(24,25)26)31-21-20-14(2)9-16(10-18(20)28-13-29-21)32-36(34)7-4-8-36/h5-6,9-10,13H,3-4,7-8,11-12H2,1-2H3,(H,27,33)(H,28,29,31). The molecule has 1 amide bonds. The normalized spacial score (nSPS) is 14.7. The van der Waals surface area contributed by atoms with Crippen LogP contribution in [-0.4, -0.2) is 55.9 Å². The van der Waals surface area contributed by atoms with Crippen LogP contribution in [0.4, 0.5) is 30.4 Å². The van der Waals surface area contributed by atoms with Gasteiger partial charge in [-0.15, -0.1) is 0 Å². The van der Waals surface area contributed by atoms with Gasteiger partial charge < -0.3 is 15.4 Å². The molecular formula is C23H25F3N6O3S. The summed E-state index contributed by atoms with van der Waals surface area (Å²) >= 11 is 0. The van der Waals surface area contributed by atoms with Crippen LogP contribution in [0.5, 0.6) is 5.88 Å². The molecule has 13 heteroatoms. The summed E-state index contributed by atoms with van der Waals surface area (Å²) in [6.45, 7) is 1.66. The molecule has 0 atom stereocenters. The van der Waals surface area contributed by atoms with Crippen molar-refractivity contribution in [3.05, 3.63) is 41.9 Å². The Morgan fingerprint density at radius 1 is 1.22 bits per heavy atom. The molecule has 3 aromatic rings. The number of carbonyl (C=O) groups excluding carboxylic acids is 1. The predicted octanol–water partition coefficient (Wildman–Crippen LogP) is 4.20. The number of aromatic nitrogens is 3. The van der Waals surface area contributed by atoms with Crippen molar-refractivity contribution >= 4 is 43.7 Å². The van der Waals surface area contributed by atoms with E-state index >= 15 is 0 Å². The van der Waals surface area contributed by atoms with Crippen LogP contribution in [0.15, 0.2) is 35.0 Å². The molecule has 36 heavy (non-hydrogen) atoms. The Hall–Kier alpha value is -3.48. The summed E-state index contributed by atoms with van der Waals surface area (Å²) in [6.07, 6.45) is -1.66. The van der Waals surface area contributed by atoms with E-state index in [9.17, 15) is 22.2 Å². The Morgan fingerprint density at radius 3 is 2.67 bits per heavy atom. The van der Waals surface area contributed by atoms with E-state index in [1.165, 1.54) is 6.33 Å². The molecule has 192 valence electrons. The zero-order chi connectivity index (χ0) is 25.9. The monoisotopic (exact) mass is 522 g/mol. The van der Waals surface area contributed by atoms with Crippen molar-refractivity contribution in [2.24, 2.45) is 4.36 Å². The van der Waals surface area contributed by atoms with Crippen molar-refractivity contribution in [1.29, 1.82) is 0 Å². The van der Waals surface area contributed by atoms with Gasteiger partial charge in [0, 0.05) is 22.6 Å². The van der Waals surface area contributed by atoms with Gasteiger partial charge in [0.25, 0.3) is 5.91 Å². The largest absolute Gasteiger partial charge is 0.466 e. The number of carbonyl (C=O) groups is 1. The van der Waals surface area contributed by atoms with E-state index in [2.05, 4.69) is 24.6 Å². The molecule has 1 aliphatic rings. The first kappa shape index (κ1) is 25.6. The number of rotatable bonds is 8. The number of aryl methyl sites for hydroxylation is 2. The maximum atomic E-state index is 12.5. The van der Waals surface area contributed by atoms with Crippen LogP contribution in [0.1, 0.15) is 24.6 Å². The third kappa shape index (κ3) is 6.20. The molecule has 0 unspecified atom stereocenters. The van der Waals surface area contributed by atoms with Gasteiger partial charge in [0.2, 0.25) is 5.88 Å². The van der Waals surface area contributed by atoms with Gasteiger partial charge in [-0.1, -0.05) is 6.92 Å². The Morgan fingerprint density at radius 2 is 2.00 bits per heavy atom. The van der Waals surface area contributed by atoms with Gasteiger partial charge >= 0.3 is 6.18 Å². The van der Waals surface area contributed by atoms with Crippen molar-refractivity contribution < 1.29 is 26.9 Å². The van der Waals surface area contributed by atoms with Gasteiger partial charge in [0.1, 0.15) is 24.4 Å². The third-order valence-electron chi connectivity index (χ3n) is 5.48. The van der Waals surface area contributed by atoms with E-state index < -0.39 is 35.0 Å². The molecule has 0 spiro atoms. The molecule has 0 aliphatic carbocycles. The maximum absolute atomic E-state index is 12.5. The molecule has 1 fully saturated rings. The van der Waals surface area contributed by atoms with Crippen molar-refractivity contribution in [3.63, 3.8) is 0 Å². The Bertz CT molecular complexity index is 1410. The fourth-order valence-electron chi connectivity index (χ4n) is 3.59. The van der Waals surface area contributed by atoms with Crippen LogP contribution >= 0.6 is 0 Å². The van der Waals surface area contributed by atoms with Gasteiger partial charge in [-0.05, 0) is 49.6 Å². The Balaban J connectivity index is 1.60. The fourth-order valence-corrected chi connectivity index (χ4v) is 5.04. The number of anilines is 2. The quantitative estimate of drug-likeness (QED) is 0.455. The minimum atomic E-state index is -4.52. The molecule has 1 saturated heterocycles. The van der Waals surface area contributed by atoms with Gasteiger partial charge in [-0.2, -0.15) is 17.5 Å². The molecule has 0 radical (unpaired) electrons. The summed E-state index contributed by atoms with van der Waals surface area (Å²) in [5, 5.41) is 5.61. The second-order valence-electron chi connectivity index (χ2n) is 8.32. The highest BCUT2D eigenvalue weighted by Crippen LogP contribution is 2.33. The van der Waals surface area contributed by atoms with Crippen LogP contribution in [0.2, 0.25) is 0 Å². The summed E-state index contributed by atoms with van der Waals surface area (Å²) in [7, 11) is -2.18. The number of amides is 1. The first-order chi connectivity index (χ1) is 17.0. The number of alkyl halides is 3. The lowest BCUT2D eigenvalue weighted by Crippen LogP contribution is -2.36. The van der Waals surface area contributed by atoms with Crippen LogP contribution in [0.3, 0.4) is 0 Å². The number of hydrogen-bond acceptors (Lipinski definition) is 8. The topological polar surface area (TPSA) is 118 Å². The van der Waals surface area contributed by atoms with Crippen LogP contribution in [-0.2, 0) is 20.9 Å². The number of halogens is 3. The zero-order valence-corrected chi connectivity index (χ0v) is 20.5. The second-order valence-corrected chi connectivity index (χ2v) is 10.9. The van der Waals surface area contributed by atoms with E-state index in [1.54, 1.807) is 23.5 Å².